The molecule has 2 aromatic carbocycles. The van der Waals surface area contributed by atoms with E-state index in [2.05, 4.69) is 5.32 Å². The molecule has 13 nitrogen and oxygen atoms in total. The predicted molar refractivity (Wildman–Crippen MR) is 129 cm³/mol. The van der Waals surface area contributed by atoms with E-state index < -0.39 is 56.1 Å². The molecular weight excluding hydrogens is 495 g/mol. The van der Waals surface area contributed by atoms with Gasteiger partial charge in [-0.05, 0) is 35.0 Å². The van der Waals surface area contributed by atoms with E-state index in [-0.39, 0.29) is 5.56 Å². The Bertz CT molecular complexity index is 1450. The third-order valence-corrected chi connectivity index (χ3v) is 6.32. The van der Waals surface area contributed by atoms with E-state index in [9.17, 15) is 33.8 Å². The molecule has 14 heteroatoms. The maximum atomic E-state index is 13.2. The molecule has 1 aromatic heterocycles. The van der Waals surface area contributed by atoms with Crippen LogP contribution in [0.2, 0.25) is 0 Å². The van der Waals surface area contributed by atoms with Gasteiger partial charge >= 0.3 is 13.5 Å². The van der Waals surface area contributed by atoms with Crippen LogP contribution in [-0.4, -0.2) is 69.3 Å². The quantitative estimate of drug-likeness (QED) is 0.264. The molecular formula is C22H25N4O9P. The minimum Gasteiger partial charge on any atom is -0.394 e. The van der Waals surface area contributed by atoms with Crippen molar-refractivity contribution >= 4 is 30.2 Å². The lowest BCUT2D eigenvalue weighted by molar-refractivity contribution is -0.0462. The van der Waals surface area contributed by atoms with Crippen LogP contribution in [-0.2, 0) is 13.8 Å². The summed E-state index contributed by atoms with van der Waals surface area (Å²) in [6.45, 7) is -0.726. The number of aliphatic hydroxyl groups is 1. The van der Waals surface area contributed by atoms with Crippen LogP contribution in [0.5, 0.6) is 0 Å². The topological polar surface area (TPSA) is 183 Å². The van der Waals surface area contributed by atoms with Crippen molar-refractivity contribution in [3.63, 3.8) is 0 Å². The highest BCUT2D eigenvalue weighted by Gasteiger charge is 2.49. The number of carbonyl (C=O) groups is 1. The minimum absolute atomic E-state index is 0.232. The van der Waals surface area contributed by atoms with Crippen LogP contribution in [0, 0.1) is 0 Å². The molecule has 1 aliphatic rings. The zero-order valence-corrected chi connectivity index (χ0v) is 20.2. The van der Waals surface area contributed by atoms with Gasteiger partial charge in [0, 0.05) is 37.6 Å². The molecule has 0 saturated carbocycles. The lowest BCUT2D eigenvalue weighted by Gasteiger charge is -2.25. The Labute approximate surface area is 204 Å². The lowest BCUT2D eigenvalue weighted by atomic mass is 10.0. The summed E-state index contributed by atoms with van der Waals surface area (Å²) in [5.41, 5.74) is -0.354. The number of aliphatic hydroxyl groups excluding tert-OH is 1. The van der Waals surface area contributed by atoms with Gasteiger partial charge in [-0.1, -0.05) is 12.1 Å². The average Bonchev–Trinajstić information content (AvgIpc) is 3.13. The lowest BCUT2D eigenvalue weighted by Crippen LogP contribution is -2.49. The number of carbonyl (C=O) groups excluding carboxylic acids is 1. The van der Waals surface area contributed by atoms with E-state index in [0.29, 0.717) is 0 Å². The van der Waals surface area contributed by atoms with E-state index in [4.69, 9.17) is 9.26 Å². The maximum Gasteiger partial charge on any atom is 0.470 e. The number of hydrogen-bond donors (Lipinski definition) is 5. The number of ether oxygens (including phenoxy) is 1. The predicted octanol–water partition coefficient (Wildman–Crippen LogP) is -0.0780. The first-order valence-electron chi connectivity index (χ1n) is 10.8. The van der Waals surface area contributed by atoms with Crippen LogP contribution < -0.4 is 21.5 Å². The number of fused-ring (bicyclic) bond motifs is 1. The molecule has 1 saturated heterocycles. The van der Waals surface area contributed by atoms with Gasteiger partial charge in [0.05, 0.1) is 6.61 Å². The summed E-state index contributed by atoms with van der Waals surface area (Å²) in [6, 6.07) is 10.4. The number of hydrogen-bond acceptors (Lipinski definition) is 8. The van der Waals surface area contributed by atoms with Crippen LogP contribution in [0.4, 0.5) is 5.69 Å². The van der Waals surface area contributed by atoms with Gasteiger partial charge in [-0.3, -0.25) is 23.7 Å². The van der Waals surface area contributed by atoms with Crippen molar-refractivity contribution < 1.29 is 33.5 Å². The summed E-state index contributed by atoms with van der Waals surface area (Å²) in [5.74, 6) is -0.637. The Morgan fingerprint density at radius 2 is 1.86 bits per heavy atom. The smallest absolute Gasteiger partial charge is 0.394 e. The standard InChI is InChI=1S/C22H25N4O9P/c1-25(2)15-6-5-12-9-14(4-3-13(12)10-15)20(29)24-18-19(35-36(31,32)33)16(11-27)34-21(18)26-8-7-17(28)23-22(26)30/h3-10,16,18-19,21,27H,11H2,1-2H3,(H,24,29)(H,23,28,30)(H2,31,32,33)/t16-,18-,19-,21-/m1/s1. The van der Waals surface area contributed by atoms with Gasteiger partial charge in [0.1, 0.15) is 18.2 Å². The second kappa shape index (κ2) is 9.97. The fourth-order valence-corrected chi connectivity index (χ4v) is 4.66. The zero-order chi connectivity index (χ0) is 26.2. The first kappa shape index (κ1) is 25.8. The second-order valence-electron chi connectivity index (χ2n) is 8.47. The van der Waals surface area contributed by atoms with Gasteiger partial charge in [0.15, 0.2) is 6.23 Å². The van der Waals surface area contributed by atoms with Crippen LogP contribution in [0.3, 0.4) is 0 Å². The molecule has 0 bridgehead atoms. The number of aromatic amines is 1. The van der Waals surface area contributed by atoms with Crippen LogP contribution in [0.25, 0.3) is 10.8 Å². The third-order valence-electron chi connectivity index (χ3n) is 5.81. The van der Waals surface area contributed by atoms with Crippen molar-refractivity contribution in [1.82, 2.24) is 14.9 Å². The Morgan fingerprint density at radius 3 is 2.50 bits per heavy atom. The molecule has 0 aliphatic carbocycles. The Morgan fingerprint density at radius 1 is 1.17 bits per heavy atom. The molecule has 2 heterocycles. The van der Waals surface area contributed by atoms with Gasteiger partial charge < -0.3 is 29.8 Å². The number of benzene rings is 2. The molecule has 0 spiro atoms. The number of phosphoric acid groups is 1. The van der Waals surface area contributed by atoms with Gasteiger partial charge in [0.2, 0.25) is 0 Å². The third kappa shape index (κ3) is 5.41. The number of aromatic nitrogens is 2. The highest BCUT2D eigenvalue weighted by atomic mass is 31.2. The van der Waals surface area contributed by atoms with Crippen molar-refractivity contribution in [3.05, 3.63) is 75.1 Å². The molecule has 1 amide bonds. The molecule has 4 rings (SSSR count). The molecule has 0 unspecified atom stereocenters. The number of phosphoric ester groups is 1. The number of anilines is 1. The van der Waals surface area contributed by atoms with Gasteiger partial charge in [-0.2, -0.15) is 0 Å². The van der Waals surface area contributed by atoms with E-state index in [1.807, 2.05) is 42.2 Å². The zero-order valence-electron chi connectivity index (χ0n) is 19.3. The average molecular weight is 520 g/mol. The Balaban J connectivity index is 1.70. The molecule has 4 atom stereocenters. The summed E-state index contributed by atoms with van der Waals surface area (Å²) < 4.78 is 23.0. The molecule has 3 aromatic rings. The number of nitrogens with one attached hydrogen (secondary N) is 2. The van der Waals surface area contributed by atoms with Gasteiger partial charge in [-0.25, -0.2) is 9.36 Å². The molecule has 1 fully saturated rings. The van der Waals surface area contributed by atoms with Crippen molar-refractivity contribution in [2.24, 2.45) is 0 Å². The highest BCUT2D eigenvalue weighted by molar-refractivity contribution is 7.46. The molecule has 36 heavy (non-hydrogen) atoms. The summed E-state index contributed by atoms with van der Waals surface area (Å²) >= 11 is 0. The summed E-state index contributed by atoms with van der Waals surface area (Å²) in [7, 11) is -1.27. The van der Waals surface area contributed by atoms with E-state index in [1.165, 1.54) is 0 Å². The summed E-state index contributed by atoms with van der Waals surface area (Å²) in [5, 5.41) is 14.0. The van der Waals surface area contributed by atoms with Crippen LogP contribution >= 0.6 is 7.82 Å². The van der Waals surface area contributed by atoms with E-state index >= 15 is 0 Å². The number of H-pyrrole nitrogens is 1. The number of rotatable bonds is 7. The first-order chi connectivity index (χ1) is 17.0. The fourth-order valence-electron chi connectivity index (χ4n) is 4.08. The SMILES string of the molecule is CN(C)c1ccc2cc(C(=O)N[C@@H]3[C@H](OP(=O)(O)O)[C@@H](CO)O[C@H]3n3ccc(=O)[nH]c3=O)ccc2c1. The second-order valence-corrected chi connectivity index (χ2v) is 9.66. The Kier molecular flexibility index (Phi) is 7.14. The molecule has 1 aliphatic heterocycles. The molecule has 192 valence electrons. The van der Waals surface area contributed by atoms with Crippen LogP contribution in [0.15, 0.2) is 58.3 Å². The van der Waals surface area contributed by atoms with Crippen molar-refractivity contribution in [3.8, 4) is 0 Å². The fraction of sp³-hybridized carbons (Fsp3) is 0.318. The largest absolute Gasteiger partial charge is 0.470 e. The number of nitrogens with zero attached hydrogens (tertiary/aromatic N) is 2. The molecule has 0 radical (unpaired) electrons. The Hall–Kier alpha value is -3.32. The minimum atomic E-state index is -5.09. The molecule has 5 N–H and O–H groups in total. The summed E-state index contributed by atoms with van der Waals surface area (Å²) in [4.78, 5) is 59.9. The number of amides is 1. The monoisotopic (exact) mass is 520 g/mol. The highest BCUT2D eigenvalue weighted by Crippen LogP contribution is 2.43. The van der Waals surface area contributed by atoms with Gasteiger partial charge in [0.25, 0.3) is 11.5 Å². The van der Waals surface area contributed by atoms with Crippen molar-refractivity contribution in [2.45, 2.75) is 24.5 Å². The maximum absolute atomic E-state index is 13.2. The van der Waals surface area contributed by atoms with Crippen molar-refractivity contribution in [1.29, 1.82) is 0 Å². The van der Waals surface area contributed by atoms with E-state index in [0.717, 1.165) is 33.3 Å². The first-order valence-corrected chi connectivity index (χ1v) is 12.3. The summed E-state index contributed by atoms with van der Waals surface area (Å²) in [6.07, 6.45) is -3.06. The van der Waals surface area contributed by atoms with Crippen molar-refractivity contribution in [2.75, 3.05) is 25.6 Å². The normalized spacial score (nSPS) is 22.0. The van der Waals surface area contributed by atoms with Gasteiger partial charge in [-0.15, -0.1) is 0 Å². The van der Waals surface area contributed by atoms with Crippen LogP contribution in [0.1, 0.15) is 16.6 Å². The van der Waals surface area contributed by atoms with E-state index in [1.54, 1.807) is 18.2 Å².